The normalized spacial score (nSPS) is 10.6. The smallest absolute Gasteiger partial charge is 0.0413 e. The number of halogens is 1. The van der Waals surface area contributed by atoms with Crippen molar-refractivity contribution in [2.45, 2.75) is 6.92 Å². The number of anilines is 1. The summed E-state index contributed by atoms with van der Waals surface area (Å²) in [7, 11) is 0. The van der Waals surface area contributed by atoms with Gasteiger partial charge in [-0.05, 0) is 30.7 Å². The van der Waals surface area contributed by atoms with Crippen molar-refractivity contribution in [1.82, 2.24) is 0 Å². The average molecular weight is 194 g/mol. The van der Waals surface area contributed by atoms with Crippen LogP contribution in [-0.4, -0.2) is 0 Å². The first-order chi connectivity index (χ1) is 6.09. The molecule has 0 bridgehead atoms. The summed E-state index contributed by atoms with van der Waals surface area (Å²) >= 11 is 5.82. The van der Waals surface area contributed by atoms with Crippen LogP contribution >= 0.6 is 11.6 Å². The predicted molar refractivity (Wildman–Crippen MR) is 59.7 cm³/mol. The molecular weight excluding hydrogens is 182 g/mol. The van der Waals surface area contributed by atoms with Crippen LogP contribution in [-0.2, 0) is 0 Å². The molecule has 1 rings (SSSR count). The number of hydrogen-bond donors (Lipinski definition) is 1. The molecule has 1 nitrogen and oxygen atoms in total. The van der Waals surface area contributed by atoms with Crippen LogP contribution in [0.3, 0.4) is 0 Å². The van der Waals surface area contributed by atoms with Gasteiger partial charge in [0.25, 0.3) is 0 Å². The van der Waals surface area contributed by atoms with Gasteiger partial charge in [0.05, 0.1) is 0 Å². The molecule has 0 aliphatic carbocycles. The predicted octanol–water partition coefficient (Wildman–Crippen LogP) is 3.51. The second kappa shape index (κ2) is 4.15. The maximum absolute atomic E-state index is 5.82. The van der Waals surface area contributed by atoms with Crippen molar-refractivity contribution in [2.24, 2.45) is 0 Å². The zero-order valence-electron chi connectivity index (χ0n) is 7.55. The number of rotatable bonds is 2. The summed E-state index contributed by atoms with van der Waals surface area (Å²) in [5, 5.41) is 0.690. The van der Waals surface area contributed by atoms with Crippen LogP contribution in [0, 0.1) is 0 Å². The molecule has 2 heteroatoms. The number of nitrogen functional groups attached to an aromatic ring is 1. The summed E-state index contributed by atoms with van der Waals surface area (Å²) in [5.41, 5.74) is 8.37. The Morgan fingerprint density at radius 3 is 2.85 bits per heavy atom. The SMILES string of the molecule is C=C(C)/C=C\c1cc(Cl)ccc1N. The van der Waals surface area contributed by atoms with Crippen LogP contribution in [0.5, 0.6) is 0 Å². The van der Waals surface area contributed by atoms with E-state index in [0.29, 0.717) is 5.02 Å². The standard InChI is InChI=1S/C11H12ClN/c1-8(2)3-4-9-7-10(12)5-6-11(9)13/h3-7H,1,13H2,2H3/b4-3-. The molecule has 0 heterocycles. The first-order valence-corrected chi connectivity index (χ1v) is 4.36. The average Bonchev–Trinajstić information content (AvgIpc) is 2.06. The minimum Gasteiger partial charge on any atom is -0.398 e. The minimum absolute atomic E-state index is 0.690. The molecule has 0 saturated carbocycles. The Morgan fingerprint density at radius 2 is 2.23 bits per heavy atom. The second-order valence-corrected chi connectivity index (χ2v) is 3.39. The van der Waals surface area contributed by atoms with Gasteiger partial charge >= 0.3 is 0 Å². The fourth-order valence-corrected chi connectivity index (χ4v) is 1.10. The van der Waals surface area contributed by atoms with E-state index in [1.54, 1.807) is 12.1 Å². The molecule has 2 N–H and O–H groups in total. The Hall–Kier alpha value is -1.21. The van der Waals surface area contributed by atoms with Crippen molar-refractivity contribution in [2.75, 3.05) is 5.73 Å². The second-order valence-electron chi connectivity index (χ2n) is 2.95. The van der Waals surface area contributed by atoms with Gasteiger partial charge in [-0.3, -0.25) is 0 Å². The Morgan fingerprint density at radius 1 is 1.54 bits per heavy atom. The first-order valence-electron chi connectivity index (χ1n) is 3.98. The molecule has 1 aromatic rings. The molecule has 0 saturated heterocycles. The van der Waals surface area contributed by atoms with Gasteiger partial charge in [0, 0.05) is 10.7 Å². The fraction of sp³-hybridized carbons (Fsp3) is 0.0909. The highest BCUT2D eigenvalue weighted by atomic mass is 35.5. The lowest BCUT2D eigenvalue weighted by Crippen LogP contribution is -1.88. The highest BCUT2D eigenvalue weighted by Gasteiger charge is 1.95. The van der Waals surface area contributed by atoms with Gasteiger partial charge in [-0.15, -0.1) is 0 Å². The van der Waals surface area contributed by atoms with Crippen LogP contribution < -0.4 is 5.73 Å². The first kappa shape index (κ1) is 9.87. The van der Waals surface area contributed by atoms with Crippen LogP contribution in [0.15, 0.2) is 36.4 Å². The Kier molecular flexibility index (Phi) is 3.15. The molecule has 13 heavy (non-hydrogen) atoms. The molecule has 0 aromatic heterocycles. The van der Waals surface area contributed by atoms with E-state index in [9.17, 15) is 0 Å². The van der Waals surface area contributed by atoms with Crippen LogP contribution in [0.1, 0.15) is 12.5 Å². The Labute approximate surface area is 83.5 Å². The fourth-order valence-electron chi connectivity index (χ4n) is 0.922. The van der Waals surface area contributed by atoms with E-state index < -0.39 is 0 Å². The van der Waals surface area contributed by atoms with Crippen molar-refractivity contribution in [3.8, 4) is 0 Å². The molecule has 0 fully saturated rings. The summed E-state index contributed by atoms with van der Waals surface area (Å²) in [6, 6.07) is 5.39. The van der Waals surface area contributed by atoms with Gasteiger partial charge in [-0.25, -0.2) is 0 Å². The third kappa shape index (κ3) is 2.96. The maximum atomic E-state index is 5.82. The Bertz CT molecular complexity index is 353. The lowest BCUT2D eigenvalue weighted by molar-refractivity contribution is 1.56. The van der Waals surface area contributed by atoms with Crippen molar-refractivity contribution in [3.05, 3.63) is 47.0 Å². The van der Waals surface area contributed by atoms with Crippen molar-refractivity contribution < 1.29 is 0 Å². The monoisotopic (exact) mass is 193 g/mol. The third-order valence-electron chi connectivity index (χ3n) is 1.60. The summed E-state index contributed by atoms with van der Waals surface area (Å²) in [5.74, 6) is 0. The van der Waals surface area contributed by atoms with E-state index in [-0.39, 0.29) is 0 Å². The summed E-state index contributed by atoms with van der Waals surface area (Å²) in [6.07, 6.45) is 3.81. The number of benzene rings is 1. The quantitative estimate of drug-likeness (QED) is 0.565. The lowest BCUT2D eigenvalue weighted by Gasteiger charge is -2.00. The molecular formula is C11H12ClN. The van der Waals surface area contributed by atoms with Gasteiger partial charge in [0.1, 0.15) is 0 Å². The zero-order chi connectivity index (χ0) is 9.84. The van der Waals surface area contributed by atoms with E-state index in [2.05, 4.69) is 6.58 Å². The molecule has 0 unspecified atom stereocenters. The minimum atomic E-state index is 0.690. The molecule has 1 aromatic carbocycles. The van der Waals surface area contributed by atoms with Gasteiger partial charge in [-0.2, -0.15) is 0 Å². The summed E-state index contributed by atoms with van der Waals surface area (Å²) in [4.78, 5) is 0. The highest BCUT2D eigenvalue weighted by Crippen LogP contribution is 2.19. The van der Waals surface area contributed by atoms with E-state index >= 15 is 0 Å². The highest BCUT2D eigenvalue weighted by molar-refractivity contribution is 6.30. The maximum Gasteiger partial charge on any atom is 0.0413 e. The van der Waals surface area contributed by atoms with Crippen LogP contribution in [0.4, 0.5) is 5.69 Å². The largest absolute Gasteiger partial charge is 0.398 e. The van der Waals surface area contributed by atoms with Crippen molar-refractivity contribution in [3.63, 3.8) is 0 Å². The van der Waals surface area contributed by atoms with Gasteiger partial charge < -0.3 is 5.73 Å². The molecule has 0 amide bonds. The zero-order valence-corrected chi connectivity index (χ0v) is 8.31. The van der Waals surface area contributed by atoms with Crippen LogP contribution in [0.25, 0.3) is 6.08 Å². The third-order valence-corrected chi connectivity index (χ3v) is 1.83. The number of nitrogens with two attached hydrogens (primary N) is 1. The van der Waals surface area contributed by atoms with Gasteiger partial charge in [-0.1, -0.05) is 35.9 Å². The van der Waals surface area contributed by atoms with Gasteiger partial charge in [0.15, 0.2) is 0 Å². The number of hydrogen-bond acceptors (Lipinski definition) is 1. The Balaban J connectivity index is 3.00. The molecule has 68 valence electrons. The van der Waals surface area contributed by atoms with E-state index in [1.165, 1.54) is 0 Å². The molecule has 0 spiro atoms. The van der Waals surface area contributed by atoms with Crippen LogP contribution in [0.2, 0.25) is 5.02 Å². The molecule has 0 aliphatic heterocycles. The molecule has 0 radical (unpaired) electrons. The molecule has 0 atom stereocenters. The van der Waals surface area contributed by atoms with E-state index in [0.717, 1.165) is 16.8 Å². The van der Waals surface area contributed by atoms with Crippen molar-refractivity contribution in [1.29, 1.82) is 0 Å². The summed E-state index contributed by atoms with van der Waals surface area (Å²) in [6.45, 7) is 5.69. The lowest BCUT2D eigenvalue weighted by atomic mass is 10.1. The number of allylic oxidation sites excluding steroid dienone is 2. The molecule has 0 aliphatic rings. The topological polar surface area (TPSA) is 26.0 Å². The van der Waals surface area contributed by atoms with Gasteiger partial charge in [0.2, 0.25) is 0 Å². The van der Waals surface area contributed by atoms with E-state index in [4.69, 9.17) is 17.3 Å². The van der Waals surface area contributed by atoms with Crippen molar-refractivity contribution >= 4 is 23.4 Å². The summed E-state index contributed by atoms with van der Waals surface area (Å²) < 4.78 is 0. The van der Waals surface area contributed by atoms with E-state index in [1.807, 2.05) is 25.1 Å².